The van der Waals surface area contributed by atoms with Crippen molar-refractivity contribution in [1.29, 1.82) is 0 Å². The van der Waals surface area contributed by atoms with Gasteiger partial charge in [0.15, 0.2) is 0 Å². The fourth-order valence-electron chi connectivity index (χ4n) is 1.64. The van der Waals surface area contributed by atoms with Crippen LogP contribution in [0.3, 0.4) is 0 Å². The molecule has 21 heavy (non-hydrogen) atoms. The molecule has 0 heterocycles. The SMILES string of the molecule is C[C@H](NC(=O)CSCc1cc(Cl)ccc1F)C(=O)N(C)C. The predicted molar refractivity (Wildman–Crippen MR) is 83.9 cm³/mol. The van der Waals surface area contributed by atoms with Crippen LogP contribution in [0.4, 0.5) is 4.39 Å². The van der Waals surface area contributed by atoms with E-state index in [4.69, 9.17) is 11.6 Å². The van der Waals surface area contributed by atoms with E-state index in [0.29, 0.717) is 16.3 Å². The van der Waals surface area contributed by atoms with E-state index < -0.39 is 6.04 Å². The summed E-state index contributed by atoms with van der Waals surface area (Å²) < 4.78 is 13.5. The van der Waals surface area contributed by atoms with E-state index >= 15 is 0 Å². The highest BCUT2D eigenvalue weighted by molar-refractivity contribution is 7.99. The third-order valence-electron chi connectivity index (χ3n) is 2.69. The maximum Gasteiger partial charge on any atom is 0.244 e. The molecule has 0 saturated carbocycles. The van der Waals surface area contributed by atoms with Crippen LogP contribution in [0.1, 0.15) is 12.5 Å². The van der Waals surface area contributed by atoms with E-state index in [-0.39, 0.29) is 23.4 Å². The molecule has 0 saturated heterocycles. The molecular formula is C14H18ClFN2O2S. The fraction of sp³-hybridized carbons (Fsp3) is 0.429. The fourth-order valence-corrected chi connectivity index (χ4v) is 2.65. The van der Waals surface area contributed by atoms with E-state index in [1.54, 1.807) is 27.1 Å². The third-order valence-corrected chi connectivity index (χ3v) is 3.90. The number of halogens is 2. The highest BCUT2D eigenvalue weighted by atomic mass is 35.5. The summed E-state index contributed by atoms with van der Waals surface area (Å²) in [5.74, 6) is -0.282. The smallest absolute Gasteiger partial charge is 0.244 e. The van der Waals surface area contributed by atoms with Crippen LogP contribution in [0, 0.1) is 5.82 Å². The van der Waals surface area contributed by atoms with Gasteiger partial charge in [-0.2, -0.15) is 0 Å². The number of rotatable bonds is 6. The van der Waals surface area contributed by atoms with E-state index in [1.165, 1.54) is 28.8 Å². The van der Waals surface area contributed by atoms with Crippen molar-refractivity contribution in [3.05, 3.63) is 34.6 Å². The first-order valence-electron chi connectivity index (χ1n) is 6.33. The van der Waals surface area contributed by atoms with Crippen LogP contribution in [0.2, 0.25) is 5.02 Å². The maximum absolute atomic E-state index is 13.5. The number of nitrogens with one attached hydrogen (secondary N) is 1. The second-order valence-corrected chi connectivity index (χ2v) is 6.17. The van der Waals surface area contributed by atoms with Gasteiger partial charge in [0.25, 0.3) is 0 Å². The normalized spacial score (nSPS) is 11.9. The first-order chi connectivity index (χ1) is 9.81. The minimum absolute atomic E-state index is 0.150. The van der Waals surface area contributed by atoms with Crippen LogP contribution in [-0.2, 0) is 15.3 Å². The van der Waals surface area contributed by atoms with Crippen molar-refractivity contribution in [3.63, 3.8) is 0 Å². The van der Waals surface area contributed by atoms with Gasteiger partial charge in [-0.05, 0) is 30.7 Å². The van der Waals surface area contributed by atoms with Crippen LogP contribution < -0.4 is 5.32 Å². The first kappa shape index (κ1) is 17.8. The number of likely N-dealkylation sites (N-methyl/N-ethyl adjacent to an activating group) is 1. The molecule has 0 aliphatic carbocycles. The zero-order chi connectivity index (χ0) is 16.0. The Morgan fingerprint density at radius 1 is 1.43 bits per heavy atom. The van der Waals surface area contributed by atoms with Crippen molar-refractivity contribution in [1.82, 2.24) is 10.2 Å². The van der Waals surface area contributed by atoms with Crippen LogP contribution in [0.15, 0.2) is 18.2 Å². The number of carbonyl (C=O) groups is 2. The Morgan fingerprint density at radius 2 is 2.10 bits per heavy atom. The Balaban J connectivity index is 2.40. The number of benzene rings is 1. The van der Waals surface area contributed by atoms with Gasteiger partial charge < -0.3 is 10.2 Å². The predicted octanol–water partition coefficient (Wildman–Crippen LogP) is 2.31. The van der Waals surface area contributed by atoms with Gasteiger partial charge >= 0.3 is 0 Å². The van der Waals surface area contributed by atoms with Crippen molar-refractivity contribution in [2.24, 2.45) is 0 Å². The third kappa shape index (κ3) is 5.93. The molecule has 1 N–H and O–H groups in total. The van der Waals surface area contributed by atoms with Gasteiger partial charge in [-0.15, -0.1) is 11.8 Å². The molecule has 116 valence electrons. The molecule has 4 nitrogen and oxygen atoms in total. The monoisotopic (exact) mass is 332 g/mol. The topological polar surface area (TPSA) is 49.4 Å². The Morgan fingerprint density at radius 3 is 2.71 bits per heavy atom. The molecule has 1 aromatic rings. The average Bonchev–Trinajstić information content (AvgIpc) is 2.41. The van der Waals surface area contributed by atoms with Crippen LogP contribution in [-0.4, -0.2) is 42.6 Å². The molecule has 7 heteroatoms. The van der Waals surface area contributed by atoms with Gasteiger partial charge in [0.2, 0.25) is 11.8 Å². The average molecular weight is 333 g/mol. The molecule has 1 atom stereocenters. The summed E-state index contributed by atoms with van der Waals surface area (Å²) in [7, 11) is 3.25. The summed E-state index contributed by atoms with van der Waals surface area (Å²) in [5.41, 5.74) is 0.456. The molecule has 2 amide bonds. The minimum atomic E-state index is -0.573. The Labute approximate surface area is 133 Å². The summed E-state index contributed by atoms with van der Waals surface area (Å²) in [4.78, 5) is 24.7. The molecule has 1 aromatic carbocycles. The standard InChI is InChI=1S/C14H18ClFN2O2S/c1-9(14(20)18(2)3)17-13(19)8-21-7-10-6-11(15)4-5-12(10)16/h4-6,9H,7-8H2,1-3H3,(H,17,19)/t9-/m0/s1. The quantitative estimate of drug-likeness (QED) is 0.869. The Kier molecular flexibility index (Phi) is 6.98. The molecule has 0 spiro atoms. The molecule has 1 rings (SSSR count). The van der Waals surface area contributed by atoms with E-state index in [2.05, 4.69) is 5.32 Å². The summed E-state index contributed by atoms with van der Waals surface area (Å²) in [6.07, 6.45) is 0. The number of hydrogen-bond donors (Lipinski definition) is 1. The zero-order valence-corrected chi connectivity index (χ0v) is 13.7. The van der Waals surface area contributed by atoms with Crippen molar-refractivity contribution < 1.29 is 14.0 Å². The van der Waals surface area contributed by atoms with Gasteiger partial charge in [0.05, 0.1) is 5.75 Å². The summed E-state index contributed by atoms with van der Waals surface area (Å²) >= 11 is 7.06. The largest absolute Gasteiger partial charge is 0.347 e. The van der Waals surface area contributed by atoms with Crippen molar-refractivity contribution >= 4 is 35.2 Å². The molecule has 0 aliphatic rings. The van der Waals surface area contributed by atoms with Crippen molar-refractivity contribution in [2.75, 3.05) is 19.8 Å². The van der Waals surface area contributed by atoms with E-state index in [0.717, 1.165) is 0 Å². The molecule has 0 bridgehead atoms. The number of carbonyl (C=O) groups excluding carboxylic acids is 2. The number of thioether (sulfide) groups is 1. The van der Waals surface area contributed by atoms with Crippen LogP contribution in [0.5, 0.6) is 0 Å². The van der Waals surface area contributed by atoms with Crippen molar-refractivity contribution in [2.45, 2.75) is 18.7 Å². The molecule has 0 unspecified atom stereocenters. The lowest BCUT2D eigenvalue weighted by atomic mass is 10.2. The van der Waals surface area contributed by atoms with Gasteiger partial charge in [0, 0.05) is 24.9 Å². The Bertz CT molecular complexity index is 526. The van der Waals surface area contributed by atoms with Crippen LogP contribution >= 0.6 is 23.4 Å². The molecular weight excluding hydrogens is 315 g/mol. The second-order valence-electron chi connectivity index (χ2n) is 4.75. The lowest BCUT2D eigenvalue weighted by Gasteiger charge is -2.17. The van der Waals surface area contributed by atoms with E-state index in [1.807, 2.05) is 0 Å². The number of nitrogens with zero attached hydrogens (tertiary/aromatic N) is 1. The van der Waals surface area contributed by atoms with Gasteiger partial charge in [0.1, 0.15) is 11.9 Å². The lowest BCUT2D eigenvalue weighted by Crippen LogP contribution is -2.44. The highest BCUT2D eigenvalue weighted by Crippen LogP contribution is 2.19. The first-order valence-corrected chi connectivity index (χ1v) is 7.86. The summed E-state index contributed by atoms with van der Waals surface area (Å²) in [5, 5.41) is 3.06. The highest BCUT2D eigenvalue weighted by Gasteiger charge is 2.17. The Hall–Kier alpha value is -1.27. The maximum atomic E-state index is 13.5. The van der Waals surface area contributed by atoms with Crippen LogP contribution in [0.25, 0.3) is 0 Å². The van der Waals surface area contributed by atoms with Gasteiger partial charge in [-0.25, -0.2) is 4.39 Å². The molecule has 0 fully saturated rings. The molecule has 0 aliphatic heterocycles. The van der Waals surface area contributed by atoms with Gasteiger partial charge in [-0.1, -0.05) is 11.6 Å². The summed E-state index contributed by atoms with van der Waals surface area (Å²) in [6.45, 7) is 1.63. The van der Waals surface area contributed by atoms with E-state index in [9.17, 15) is 14.0 Å². The molecule has 0 radical (unpaired) electrons. The minimum Gasteiger partial charge on any atom is -0.347 e. The second kappa shape index (κ2) is 8.24. The number of amides is 2. The van der Waals surface area contributed by atoms with Crippen molar-refractivity contribution in [3.8, 4) is 0 Å². The zero-order valence-electron chi connectivity index (χ0n) is 12.2. The number of hydrogen-bond acceptors (Lipinski definition) is 3. The molecule has 0 aromatic heterocycles. The lowest BCUT2D eigenvalue weighted by molar-refractivity contribution is -0.133. The summed E-state index contributed by atoms with van der Waals surface area (Å²) in [6, 6.07) is 3.75. The van der Waals surface area contributed by atoms with Gasteiger partial charge in [-0.3, -0.25) is 9.59 Å².